The molecule has 0 radical (unpaired) electrons. The second-order valence-corrected chi connectivity index (χ2v) is 5.95. The maximum absolute atomic E-state index is 12.1. The van der Waals surface area contributed by atoms with Gasteiger partial charge < -0.3 is 5.32 Å². The van der Waals surface area contributed by atoms with Crippen molar-refractivity contribution < 1.29 is 14.4 Å². The van der Waals surface area contributed by atoms with E-state index < -0.39 is 5.91 Å². The van der Waals surface area contributed by atoms with Gasteiger partial charge in [0, 0.05) is 17.0 Å². The van der Waals surface area contributed by atoms with E-state index in [1.807, 2.05) is 18.4 Å². The van der Waals surface area contributed by atoms with Crippen LogP contribution in [-0.2, 0) is 6.54 Å². The van der Waals surface area contributed by atoms with Gasteiger partial charge in [0.05, 0.1) is 11.1 Å². The molecule has 0 fully saturated rings. The Balaban J connectivity index is 1.68. The van der Waals surface area contributed by atoms with Crippen LogP contribution in [0.1, 0.15) is 36.6 Å². The van der Waals surface area contributed by atoms with Crippen LogP contribution < -0.4 is 10.6 Å². The molecule has 0 spiro atoms. The lowest BCUT2D eigenvalue weighted by Gasteiger charge is -2.07. The third-order valence-electron chi connectivity index (χ3n) is 3.61. The first-order valence-electron chi connectivity index (χ1n) is 6.99. The van der Waals surface area contributed by atoms with Gasteiger partial charge >= 0.3 is 0 Å². The fourth-order valence-corrected chi connectivity index (χ4v) is 2.76. The van der Waals surface area contributed by atoms with Crippen molar-refractivity contribution in [2.24, 2.45) is 0 Å². The lowest BCUT2D eigenvalue weighted by molar-refractivity contribution is 0.0878. The predicted octanol–water partition coefficient (Wildman–Crippen LogP) is 2.22. The third kappa shape index (κ3) is 3.12. The van der Waals surface area contributed by atoms with E-state index in [4.69, 9.17) is 0 Å². The van der Waals surface area contributed by atoms with E-state index in [-0.39, 0.29) is 18.4 Å². The molecule has 3 rings (SSSR count). The Morgan fingerprint density at radius 1 is 1.04 bits per heavy atom. The number of benzene rings is 2. The first kappa shape index (κ1) is 15.3. The normalized spacial score (nSPS) is 12.7. The number of hydrogen-bond acceptors (Lipinski definition) is 4. The fraction of sp³-hybridized carbons (Fsp3) is 0.118. The molecule has 0 aromatic heterocycles. The van der Waals surface area contributed by atoms with E-state index in [0.29, 0.717) is 16.7 Å². The monoisotopic (exact) mass is 326 g/mol. The number of hydrogen-bond donors (Lipinski definition) is 2. The van der Waals surface area contributed by atoms with Gasteiger partial charge in [0.15, 0.2) is 0 Å². The molecule has 1 aliphatic rings. The van der Waals surface area contributed by atoms with Crippen LogP contribution in [0.15, 0.2) is 47.4 Å². The van der Waals surface area contributed by atoms with E-state index in [2.05, 4.69) is 10.6 Å². The van der Waals surface area contributed by atoms with Crippen molar-refractivity contribution in [2.75, 3.05) is 6.26 Å². The first-order chi connectivity index (χ1) is 11.1. The van der Waals surface area contributed by atoms with Crippen LogP contribution >= 0.6 is 11.8 Å². The van der Waals surface area contributed by atoms with Crippen molar-refractivity contribution in [3.63, 3.8) is 0 Å². The molecular formula is C17H14N2O3S. The van der Waals surface area contributed by atoms with Gasteiger partial charge in [0.2, 0.25) is 0 Å². The molecule has 1 heterocycles. The molecule has 1 aliphatic heterocycles. The minimum Gasteiger partial charge on any atom is -0.348 e. The summed E-state index contributed by atoms with van der Waals surface area (Å²) >= 11 is 1.61. The summed E-state index contributed by atoms with van der Waals surface area (Å²) in [7, 11) is 0. The van der Waals surface area contributed by atoms with E-state index >= 15 is 0 Å². The largest absolute Gasteiger partial charge is 0.348 e. The number of thioether (sulfide) groups is 1. The number of rotatable bonds is 4. The highest BCUT2D eigenvalue weighted by molar-refractivity contribution is 7.98. The molecule has 2 aromatic carbocycles. The van der Waals surface area contributed by atoms with Crippen molar-refractivity contribution >= 4 is 29.5 Å². The second-order valence-electron chi connectivity index (χ2n) is 5.07. The number of amides is 3. The van der Waals surface area contributed by atoms with E-state index in [1.54, 1.807) is 42.1 Å². The molecule has 0 saturated carbocycles. The maximum Gasteiger partial charge on any atom is 0.258 e. The van der Waals surface area contributed by atoms with Gasteiger partial charge in [0.25, 0.3) is 17.7 Å². The molecule has 2 N–H and O–H groups in total. The lowest BCUT2D eigenvalue weighted by Crippen LogP contribution is -2.22. The van der Waals surface area contributed by atoms with Crippen molar-refractivity contribution in [3.8, 4) is 0 Å². The molecule has 2 aromatic rings. The van der Waals surface area contributed by atoms with Crippen molar-refractivity contribution in [3.05, 3.63) is 64.7 Å². The van der Waals surface area contributed by atoms with Crippen LogP contribution in [0.4, 0.5) is 0 Å². The highest BCUT2D eigenvalue weighted by Gasteiger charge is 2.26. The van der Waals surface area contributed by atoms with Crippen LogP contribution in [0.3, 0.4) is 0 Å². The Morgan fingerprint density at radius 3 is 2.43 bits per heavy atom. The molecule has 0 unspecified atom stereocenters. The summed E-state index contributed by atoms with van der Waals surface area (Å²) in [6.07, 6.45) is 1.98. The van der Waals surface area contributed by atoms with E-state index in [9.17, 15) is 14.4 Å². The summed E-state index contributed by atoms with van der Waals surface area (Å²) in [5.74, 6) is -0.959. The van der Waals surface area contributed by atoms with Crippen LogP contribution in [0.25, 0.3) is 0 Å². The zero-order valence-corrected chi connectivity index (χ0v) is 13.2. The third-order valence-corrected chi connectivity index (χ3v) is 4.35. The molecule has 0 saturated heterocycles. The molecule has 23 heavy (non-hydrogen) atoms. The van der Waals surface area contributed by atoms with Gasteiger partial charge in [-0.05, 0) is 48.2 Å². The van der Waals surface area contributed by atoms with Gasteiger partial charge in [-0.2, -0.15) is 0 Å². The summed E-state index contributed by atoms with van der Waals surface area (Å²) in [6.45, 7) is 0.290. The average Bonchev–Trinajstić information content (AvgIpc) is 2.86. The summed E-state index contributed by atoms with van der Waals surface area (Å²) in [6, 6.07) is 12.3. The summed E-state index contributed by atoms with van der Waals surface area (Å²) < 4.78 is 0. The zero-order chi connectivity index (χ0) is 16.4. The van der Waals surface area contributed by atoms with E-state index in [1.165, 1.54) is 0 Å². The Labute approximate surface area is 137 Å². The summed E-state index contributed by atoms with van der Waals surface area (Å²) in [5, 5.41) is 5.05. The van der Waals surface area contributed by atoms with Crippen LogP contribution in [-0.4, -0.2) is 24.0 Å². The van der Waals surface area contributed by atoms with Crippen molar-refractivity contribution in [2.45, 2.75) is 11.4 Å². The van der Waals surface area contributed by atoms with Crippen LogP contribution in [0.2, 0.25) is 0 Å². The number of carbonyl (C=O) groups excluding carboxylic acids is 3. The van der Waals surface area contributed by atoms with Gasteiger partial charge in [-0.25, -0.2) is 0 Å². The number of imide groups is 1. The quantitative estimate of drug-likeness (QED) is 0.667. The first-order valence-corrected chi connectivity index (χ1v) is 8.22. The topological polar surface area (TPSA) is 75.3 Å². The van der Waals surface area contributed by atoms with Crippen LogP contribution in [0, 0.1) is 0 Å². The Bertz CT molecular complexity index is 800. The highest BCUT2D eigenvalue weighted by atomic mass is 32.2. The molecule has 0 bridgehead atoms. The second kappa shape index (κ2) is 6.26. The molecule has 0 atom stereocenters. The Kier molecular flexibility index (Phi) is 4.16. The highest BCUT2D eigenvalue weighted by Crippen LogP contribution is 2.18. The van der Waals surface area contributed by atoms with Crippen molar-refractivity contribution in [1.82, 2.24) is 10.6 Å². The Morgan fingerprint density at radius 2 is 1.74 bits per heavy atom. The summed E-state index contributed by atoms with van der Waals surface area (Å²) in [5.41, 5.74) is 2.07. The molecule has 0 aliphatic carbocycles. The number of fused-ring (bicyclic) bond motifs is 1. The predicted molar refractivity (Wildman–Crippen MR) is 87.6 cm³/mol. The van der Waals surface area contributed by atoms with Gasteiger partial charge in [-0.1, -0.05) is 6.07 Å². The van der Waals surface area contributed by atoms with Gasteiger partial charge in [0.1, 0.15) is 0 Å². The smallest absolute Gasteiger partial charge is 0.258 e. The van der Waals surface area contributed by atoms with E-state index in [0.717, 1.165) is 10.5 Å². The molecule has 116 valence electrons. The molecule has 5 nitrogen and oxygen atoms in total. The summed E-state index contributed by atoms with van der Waals surface area (Å²) in [4.78, 5) is 36.3. The van der Waals surface area contributed by atoms with Crippen LogP contribution in [0.5, 0.6) is 0 Å². The maximum atomic E-state index is 12.1. The minimum absolute atomic E-state index is 0.182. The fourth-order valence-electron chi connectivity index (χ4n) is 2.35. The minimum atomic E-state index is -0.397. The molecular weight excluding hydrogens is 312 g/mol. The number of nitrogens with one attached hydrogen (secondary N) is 2. The average molecular weight is 326 g/mol. The SMILES string of the molecule is CSc1ccc(C(=O)NCc2ccc3c(c2)C(=O)NC3=O)cc1. The standard InChI is InChI=1S/C17H14N2O3S/c1-23-12-5-3-11(4-6-12)15(20)18-9-10-2-7-13-14(8-10)17(22)19-16(13)21/h2-8H,9H2,1H3,(H,18,20)(H,19,21,22). The van der Waals surface area contributed by atoms with Gasteiger partial charge in [-0.15, -0.1) is 11.8 Å². The van der Waals surface area contributed by atoms with Crippen molar-refractivity contribution in [1.29, 1.82) is 0 Å². The molecule has 3 amide bonds. The molecule has 6 heteroatoms. The number of carbonyl (C=O) groups is 3. The van der Waals surface area contributed by atoms with Gasteiger partial charge in [-0.3, -0.25) is 19.7 Å². The zero-order valence-electron chi connectivity index (χ0n) is 12.4. The lowest BCUT2D eigenvalue weighted by atomic mass is 10.1. The Hall–Kier alpha value is -2.60.